The maximum Gasteiger partial charge on any atom is 0.229 e. The molecule has 0 aliphatic carbocycles. The highest BCUT2D eigenvalue weighted by Crippen LogP contribution is 2.25. The molecule has 2 aromatic carbocycles. The predicted molar refractivity (Wildman–Crippen MR) is 145 cm³/mol. The van der Waals surface area contributed by atoms with Gasteiger partial charge in [0, 0.05) is 43.3 Å². The third kappa shape index (κ3) is 6.01. The maximum absolute atomic E-state index is 6.44. The molecule has 3 aromatic rings. The number of hydrogen-bond donors (Lipinski definition) is 2. The molecular formula is C25H28ClN7S. The van der Waals surface area contributed by atoms with Gasteiger partial charge in [-0.2, -0.15) is 4.99 Å². The van der Waals surface area contributed by atoms with Crippen molar-refractivity contribution in [2.24, 2.45) is 4.99 Å². The van der Waals surface area contributed by atoms with Crippen molar-refractivity contribution < 1.29 is 0 Å². The SMILES string of the molecule is Cc1cc(C)nc(N/C(=N/C(=S)Nc2cccc(C)c2Cl)N2CCN(c3ccccc3)CC2)n1. The summed E-state index contributed by atoms with van der Waals surface area (Å²) in [6, 6.07) is 18.1. The maximum atomic E-state index is 6.44. The number of thiocarbonyl (C=S) groups is 1. The molecule has 1 aliphatic rings. The van der Waals surface area contributed by atoms with Gasteiger partial charge in [0.2, 0.25) is 17.0 Å². The van der Waals surface area contributed by atoms with E-state index in [1.54, 1.807) is 0 Å². The van der Waals surface area contributed by atoms with Crippen molar-refractivity contribution in [3.8, 4) is 0 Å². The van der Waals surface area contributed by atoms with Crippen LogP contribution in [0.2, 0.25) is 5.02 Å². The molecule has 7 nitrogen and oxygen atoms in total. The van der Waals surface area contributed by atoms with Crippen LogP contribution in [-0.2, 0) is 0 Å². The molecular weight excluding hydrogens is 466 g/mol. The van der Waals surface area contributed by atoms with E-state index in [2.05, 4.69) is 54.7 Å². The number of para-hydroxylation sites is 1. The third-order valence-corrected chi connectivity index (χ3v) is 6.24. The van der Waals surface area contributed by atoms with Gasteiger partial charge in [-0.25, -0.2) is 9.97 Å². The summed E-state index contributed by atoms with van der Waals surface area (Å²) >= 11 is 12.0. The number of halogens is 1. The topological polar surface area (TPSA) is 68.7 Å². The van der Waals surface area contributed by atoms with Gasteiger partial charge in [0.25, 0.3) is 0 Å². The van der Waals surface area contributed by atoms with Crippen molar-refractivity contribution in [1.82, 2.24) is 14.9 Å². The Kier molecular flexibility index (Phi) is 7.59. The van der Waals surface area contributed by atoms with E-state index in [9.17, 15) is 0 Å². The number of hydrogen-bond acceptors (Lipinski definition) is 4. The summed E-state index contributed by atoms with van der Waals surface area (Å²) in [6.07, 6.45) is 0. The van der Waals surface area contributed by atoms with Crippen molar-refractivity contribution in [1.29, 1.82) is 0 Å². The predicted octanol–water partition coefficient (Wildman–Crippen LogP) is 5.04. The van der Waals surface area contributed by atoms with Crippen LogP contribution in [-0.4, -0.2) is 52.1 Å². The van der Waals surface area contributed by atoms with E-state index in [1.165, 1.54) is 5.69 Å². The smallest absolute Gasteiger partial charge is 0.229 e. The molecule has 0 radical (unpaired) electrons. The van der Waals surface area contributed by atoms with Crippen molar-refractivity contribution in [2.45, 2.75) is 20.8 Å². The molecule has 34 heavy (non-hydrogen) atoms. The number of aliphatic imine (C=N–C) groups is 1. The highest BCUT2D eigenvalue weighted by molar-refractivity contribution is 7.80. The quantitative estimate of drug-likeness (QED) is 0.301. The number of guanidine groups is 1. The van der Waals surface area contributed by atoms with Gasteiger partial charge in [-0.3, -0.25) is 5.32 Å². The molecule has 0 spiro atoms. The highest BCUT2D eigenvalue weighted by Gasteiger charge is 2.21. The van der Waals surface area contributed by atoms with Gasteiger partial charge in [-0.1, -0.05) is 41.9 Å². The van der Waals surface area contributed by atoms with Crippen molar-refractivity contribution >= 4 is 52.2 Å². The molecule has 9 heteroatoms. The van der Waals surface area contributed by atoms with Gasteiger partial charge in [-0.15, -0.1) is 0 Å². The summed E-state index contributed by atoms with van der Waals surface area (Å²) in [5, 5.41) is 7.40. The van der Waals surface area contributed by atoms with Crippen LogP contribution in [0.3, 0.4) is 0 Å². The molecule has 2 heterocycles. The lowest BCUT2D eigenvalue weighted by atomic mass is 10.2. The Labute approximate surface area is 210 Å². The molecule has 0 saturated carbocycles. The van der Waals surface area contributed by atoms with Gasteiger partial charge in [-0.05, 0) is 62.8 Å². The van der Waals surface area contributed by atoms with E-state index in [0.717, 1.165) is 48.8 Å². The number of rotatable bonds is 3. The van der Waals surface area contributed by atoms with Gasteiger partial charge in [0.05, 0.1) is 10.7 Å². The molecule has 1 fully saturated rings. The molecule has 1 saturated heterocycles. The minimum Gasteiger partial charge on any atom is -0.368 e. The molecule has 1 aliphatic heterocycles. The molecule has 2 N–H and O–H groups in total. The molecule has 4 rings (SSSR count). The van der Waals surface area contributed by atoms with Gasteiger partial charge >= 0.3 is 0 Å². The van der Waals surface area contributed by atoms with Gasteiger partial charge in [0.1, 0.15) is 0 Å². The number of benzene rings is 2. The summed E-state index contributed by atoms with van der Waals surface area (Å²) in [6.45, 7) is 9.13. The number of anilines is 3. The zero-order valence-electron chi connectivity index (χ0n) is 19.5. The van der Waals surface area contributed by atoms with Gasteiger partial charge in [0.15, 0.2) is 0 Å². The summed E-state index contributed by atoms with van der Waals surface area (Å²) in [7, 11) is 0. The average molecular weight is 494 g/mol. The Morgan fingerprint density at radius 3 is 2.26 bits per heavy atom. The minimum absolute atomic E-state index is 0.310. The second-order valence-corrected chi connectivity index (χ2v) is 8.98. The fourth-order valence-corrected chi connectivity index (χ4v) is 4.23. The second kappa shape index (κ2) is 10.8. The van der Waals surface area contributed by atoms with E-state index in [1.807, 2.05) is 51.1 Å². The van der Waals surface area contributed by atoms with E-state index in [-0.39, 0.29) is 0 Å². The normalized spacial score (nSPS) is 14.2. The second-order valence-electron chi connectivity index (χ2n) is 8.21. The average Bonchev–Trinajstić information content (AvgIpc) is 2.82. The summed E-state index contributed by atoms with van der Waals surface area (Å²) in [5.74, 6) is 1.11. The lowest BCUT2D eigenvalue weighted by Gasteiger charge is -2.37. The van der Waals surface area contributed by atoms with E-state index in [0.29, 0.717) is 22.0 Å². The Morgan fingerprint density at radius 1 is 0.912 bits per heavy atom. The van der Waals surface area contributed by atoms with Crippen LogP contribution in [0.4, 0.5) is 17.3 Å². The number of nitrogens with one attached hydrogen (secondary N) is 2. The number of piperazine rings is 1. The molecule has 0 unspecified atom stereocenters. The lowest BCUT2D eigenvalue weighted by Crippen LogP contribution is -2.51. The van der Waals surface area contributed by atoms with Crippen LogP contribution < -0.4 is 15.5 Å². The first kappa shape index (κ1) is 23.9. The van der Waals surface area contributed by atoms with Gasteiger partial charge < -0.3 is 15.1 Å². The highest BCUT2D eigenvalue weighted by atomic mass is 35.5. The third-order valence-electron chi connectivity index (χ3n) is 5.55. The van der Waals surface area contributed by atoms with Crippen LogP contribution in [0.5, 0.6) is 0 Å². The molecule has 0 atom stereocenters. The Hall–Kier alpha value is -3.23. The summed E-state index contributed by atoms with van der Waals surface area (Å²) in [5.41, 5.74) is 4.69. The Morgan fingerprint density at radius 2 is 1.59 bits per heavy atom. The van der Waals surface area contributed by atoms with Crippen LogP contribution >= 0.6 is 23.8 Å². The molecule has 0 bridgehead atoms. The summed E-state index contributed by atoms with van der Waals surface area (Å²) in [4.78, 5) is 18.3. The molecule has 1 aromatic heterocycles. The van der Waals surface area contributed by atoms with Crippen LogP contribution in [0.15, 0.2) is 59.6 Å². The van der Waals surface area contributed by atoms with Crippen LogP contribution in [0.1, 0.15) is 17.0 Å². The van der Waals surface area contributed by atoms with Crippen LogP contribution in [0, 0.1) is 20.8 Å². The number of aromatic nitrogens is 2. The first-order chi connectivity index (χ1) is 16.4. The Balaban J connectivity index is 1.55. The van der Waals surface area contributed by atoms with Crippen molar-refractivity contribution in [3.05, 3.63) is 76.6 Å². The zero-order chi connectivity index (χ0) is 24.1. The number of aryl methyl sites for hydroxylation is 3. The number of nitrogens with zero attached hydrogens (tertiary/aromatic N) is 5. The standard InChI is InChI=1S/C25H28ClN7S/c1-17-8-7-11-21(22(17)26)29-25(34)31-24(30-23-27-18(2)16-19(3)28-23)33-14-12-32(13-15-33)20-9-5-4-6-10-20/h4-11,16H,12-15H2,1-3H3,(H2,27,28,29,30,31,34). The zero-order valence-corrected chi connectivity index (χ0v) is 21.1. The van der Waals surface area contributed by atoms with Crippen molar-refractivity contribution in [2.75, 3.05) is 41.7 Å². The monoisotopic (exact) mass is 493 g/mol. The fraction of sp³-hybridized carbons (Fsp3) is 0.280. The Bertz CT molecular complexity index is 1170. The first-order valence-electron chi connectivity index (χ1n) is 11.2. The summed E-state index contributed by atoms with van der Waals surface area (Å²) < 4.78 is 0. The first-order valence-corrected chi connectivity index (χ1v) is 12.0. The van der Waals surface area contributed by atoms with E-state index >= 15 is 0 Å². The van der Waals surface area contributed by atoms with Crippen molar-refractivity contribution in [3.63, 3.8) is 0 Å². The van der Waals surface area contributed by atoms with E-state index in [4.69, 9.17) is 28.8 Å². The fourth-order valence-electron chi connectivity index (χ4n) is 3.86. The lowest BCUT2D eigenvalue weighted by molar-refractivity contribution is 0.385. The minimum atomic E-state index is 0.310. The molecule has 0 amide bonds. The largest absolute Gasteiger partial charge is 0.368 e. The van der Waals surface area contributed by atoms with Crippen LogP contribution in [0.25, 0.3) is 0 Å². The van der Waals surface area contributed by atoms with E-state index < -0.39 is 0 Å². The molecule has 176 valence electrons.